The van der Waals surface area contributed by atoms with Crippen LogP contribution in [0.5, 0.6) is 0 Å². The molecule has 0 N–H and O–H groups in total. The molecule has 2 rings (SSSR count). The number of carbonyl (C=O) groups is 1. The zero-order valence-electron chi connectivity index (χ0n) is 11.6. The SMILES string of the molecule is CN(C(=O)N(C)C1CCS(=O)(=O)C1)C1CCS(=O)(=O)C1. The third-order valence-corrected chi connectivity index (χ3v) is 7.62. The lowest BCUT2D eigenvalue weighted by Gasteiger charge is -2.31. The van der Waals surface area contributed by atoms with E-state index in [2.05, 4.69) is 0 Å². The summed E-state index contributed by atoms with van der Waals surface area (Å²) in [5, 5.41) is 0. The summed E-state index contributed by atoms with van der Waals surface area (Å²) >= 11 is 0. The lowest BCUT2D eigenvalue weighted by atomic mass is 10.2. The Morgan fingerprint density at radius 2 is 1.20 bits per heavy atom. The van der Waals surface area contributed by atoms with Gasteiger partial charge >= 0.3 is 6.03 Å². The molecule has 0 aromatic carbocycles. The van der Waals surface area contributed by atoms with E-state index >= 15 is 0 Å². The lowest BCUT2D eigenvalue weighted by molar-refractivity contribution is 0.148. The van der Waals surface area contributed by atoms with Crippen LogP contribution >= 0.6 is 0 Å². The molecule has 116 valence electrons. The van der Waals surface area contributed by atoms with Crippen LogP contribution in [0, 0.1) is 0 Å². The van der Waals surface area contributed by atoms with Gasteiger partial charge in [0, 0.05) is 26.2 Å². The van der Waals surface area contributed by atoms with Crippen LogP contribution in [-0.4, -0.2) is 81.9 Å². The maximum Gasteiger partial charge on any atom is 0.320 e. The molecular formula is C11H20N2O5S2. The van der Waals surface area contributed by atoms with Crippen molar-refractivity contribution >= 4 is 25.7 Å². The Hall–Kier alpha value is -0.830. The quantitative estimate of drug-likeness (QED) is 0.673. The monoisotopic (exact) mass is 324 g/mol. The molecule has 0 aliphatic carbocycles. The number of carbonyl (C=O) groups excluding carboxylic acids is 1. The van der Waals surface area contributed by atoms with Crippen LogP contribution in [0.4, 0.5) is 4.79 Å². The van der Waals surface area contributed by atoms with Crippen LogP contribution in [0.15, 0.2) is 0 Å². The van der Waals surface area contributed by atoms with E-state index in [1.54, 1.807) is 14.1 Å². The van der Waals surface area contributed by atoms with Crippen LogP contribution in [0.3, 0.4) is 0 Å². The van der Waals surface area contributed by atoms with Crippen molar-refractivity contribution < 1.29 is 21.6 Å². The third-order valence-electron chi connectivity index (χ3n) is 4.12. The Morgan fingerprint density at radius 3 is 1.45 bits per heavy atom. The van der Waals surface area contributed by atoms with Crippen molar-refractivity contribution in [3.63, 3.8) is 0 Å². The van der Waals surface area contributed by atoms with E-state index in [1.165, 1.54) is 9.80 Å². The number of hydrogen-bond donors (Lipinski definition) is 0. The van der Waals surface area contributed by atoms with E-state index in [0.29, 0.717) is 12.8 Å². The van der Waals surface area contributed by atoms with Gasteiger partial charge in [0.2, 0.25) is 0 Å². The Morgan fingerprint density at radius 1 is 0.850 bits per heavy atom. The van der Waals surface area contributed by atoms with Gasteiger partial charge in [-0.15, -0.1) is 0 Å². The Labute approximate surface area is 119 Å². The van der Waals surface area contributed by atoms with Gasteiger partial charge in [0.1, 0.15) is 0 Å². The summed E-state index contributed by atoms with van der Waals surface area (Å²) in [7, 11) is -2.94. The van der Waals surface area contributed by atoms with E-state index < -0.39 is 19.7 Å². The topological polar surface area (TPSA) is 91.8 Å². The molecule has 2 unspecified atom stereocenters. The molecule has 2 atom stereocenters. The third kappa shape index (κ3) is 3.25. The molecule has 0 spiro atoms. The van der Waals surface area contributed by atoms with Gasteiger partial charge in [-0.2, -0.15) is 0 Å². The first kappa shape index (κ1) is 15.6. The second-order valence-electron chi connectivity index (χ2n) is 5.62. The van der Waals surface area contributed by atoms with Crippen molar-refractivity contribution in [2.75, 3.05) is 37.1 Å². The summed E-state index contributed by atoms with van der Waals surface area (Å²) in [5.74, 6) is 0.200. The highest BCUT2D eigenvalue weighted by atomic mass is 32.2. The summed E-state index contributed by atoms with van der Waals surface area (Å²) in [6, 6.07) is -0.935. The number of urea groups is 1. The zero-order valence-corrected chi connectivity index (χ0v) is 13.3. The molecule has 2 aliphatic heterocycles. The standard InChI is InChI=1S/C11H20N2O5S2/c1-12(9-3-5-19(15,16)7-9)11(14)13(2)10-4-6-20(17,18)8-10/h9-10H,3-8H2,1-2H3. The molecule has 2 saturated heterocycles. The number of nitrogens with zero attached hydrogens (tertiary/aromatic N) is 2. The van der Waals surface area contributed by atoms with E-state index in [4.69, 9.17) is 0 Å². The molecule has 20 heavy (non-hydrogen) atoms. The van der Waals surface area contributed by atoms with Gasteiger partial charge < -0.3 is 9.80 Å². The highest BCUT2D eigenvalue weighted by Gasteiger charge is 2.37. The van der Waals surface area contributed by atoms with Crippen LogP contribution < -0.4 is 0 Å². The molecule has 2 fully saturated rings. The van der Waals surface area contributed by atoms with Gasteiger partial charge in [-0.25, -0.2) is 21.6 Å². The van der Waals surface area contributed by atoms with Gasteiger partial charge in [0.15, 0.2) is 19.7 Å². The van der Waals surface area contributed by atoms with Gasteiger partial charge in [-0.05, 0) is 12.8 Å². The first-order valence-corrected chi connectivity index (χ1v) is 10.2. The largest absolute Gasteiger partial charge is 0.324 e. The van der Waals surface area contributed by atoms with Crippen molar-refractivity contribution in [3.8, 4) is 0 Å². The van der Waals surface area contributed by atoms with Crippen LogP contribution in [0.2, 0.25) is 0 Å². The van der Waals surface area contributed by atoms with E-state index in [9.17, 15) is 21.6 Å². The Kier molecular flexibility index (Phi) is 4.03. The molecule has 7 nitrogen and oxygen atoms in total. The summed E-state index contributed by atoms with van der Waals surface area (Å²) < 4.78 is 45.8. The summed E-state index contributed by atoms with van der Waals surface area (Å²) in [5.41, 5.74) is 0. The van der Waals surface area contributed by atoms with Gasteiger partial charge in [-0.3, -0.25) is 0 Å². The van der Waals surface area contributed by atoms with Gasteiger partial charge in [0.05, 0.1) is 23.0 Å². The first-order valence-electron chi connectivity index (χ1n) is 6.52. The fourth-order valence-corrected chi connectivity index (χ4v) is 6.27. The molecule has 0 bridgehead atoms. The summed E-state index contributed by atoms with van der Waals surface area (Å²) in [4.78, 5) is 15.2. The van der Waals surface area contributed by atoms with Crippen molar-refractivity contribution in [1.82, 2.24) is 9.80 Å². The van der Waals surface area contributed by atoms with Crippen LogP contribution in [-0.2, 0) is 19.7 Å². The maximum absolute atomic E-state index is 12.3. The van der Waals surface area contributed by atoms with E-state index in [0.717, 1.165) is 0 Å². The highest BCUT2D eigenvalue weighted by Crippen LogP contribution is 2.21. The zero-order chi connectivity index (χ0) is 15.1. The minimum Gasteiger partial charge on any atom is -0.324 e. The molecule has 0 aromatic heterocycles. The number of amides is 2. The number of hydrogen-bond acceptors (Lipinski definition) is 5. The molecule has 0 radical (unpaired) electrons. The second kappa shape index (κ2) is 5.18. The fourth-order valence-electron chi connectivity index (χ4n) is 2.72. The minimum atomic E-state index is -3.05. The van der Waals surface area contributed by atoms with Gasteiger partial charge in [0.25, 0.3) is 0 Å². The Bertz CT molecular complexity index is 546. The molecule has 2 heterocycles. The number of rotatable bonds is 2. The molecule has 0 aromatic rings. The minimum absolute atomic E-state index is 0.00789. The summed E-state index contributed by atoms with van der Waals surface area (Å²) in [6.45, 7) is 0. The summed E-state index contributed by atoms with van der Waals surface area (Å²) in [6.07, 6.45) is 0.892. The van der Waals surface area contributed by atoms with E-state index in [-0.39, 0.29) is 41.1 Å². The van der Waals surface area contributed by atoms with Gasteiger partial charge in [-0.1, -0.05) is 0 Å². The number of sulfone groups is 2. The molecule has 0 saturated carbocycles. The predicted octanol–water partition coefficient (Wildman–Crippen LogP) is -0.656. The lowest BCUT2D eigenvalue weighted by Crippen LogP contribution is -2.49. The molecule has 9 heteroatoms. The normalized spacial score (nSPS) is 31.1. The van der Waals surface area contributed by atoms with E-state index in [1.807, 2.05) is 0 Å². The molecule has 2 amide bonds. The second-order valence-corrected chi connectivity index (χ2v) is 10.1. The highest BCUT2D eigenvalue weighted by molar-refractivity contribution is 7.91. The van der Waals surface area contributed by atoms with Crippen molar-refractivity contribution in [2.24, 2.45) is 0 Å². The van der Waals surface area contributed by atoms with Crippen molar-refractivity contribution in [2.45, 2.75) is 24.9 Å². The fraction of sp³-hybridized carbons (Fsp3) is 0.909. The smallest absolute Gasteiger partial charge is 0.320 e. The maximum atomic E-state index is 12.3. The average molecular weight is 324 g/mol. The van der Waals surface area contributed by atoms with Crippen LogP contribution in [0.1, 0.15) is 12.8 Å². The van der Waals surface area contributed by atoms with Crippen LogP contribution in [0.25, 0.3) is 0 Å². The molecule has 2 aliphatic rings. The Balaban J connectivity index is 2.00. The van der Waals surface area contributed by atoms with Crippen molar-refractivity contribution in [3.05, 3.63) is 0 Å². The average Bonchev–Trinajstić information content (AvgIpc) is 2.89. The first-order chi connectivity index (χ1) is 9.11. The van der Waals surface area contributed by atoms with Crippen molar-refractivity contribution in [1.29, 1.82) is 0 Å². The molecular weight excluding hydrogens is 304 g/mol. The predicted molar refractivity (Wildman–Crippen MR) is 75.0 cm³/mol.